The summed E-state index contributed by atoms with van der Waals surface area (Å²) in [5.74, 6) is -3.17. The highest BCUT2D eigenvalue weighted by Crippen LogP contribution is 2.26. The average Bonchev–Trinajstić information content (AvgIpc) is 3.54. The Kier molecular flexibility index (Phi) is 52.1. The number of carboxylic acids is 1. The van der Waals surface area contributed by atoms with E-state index in [2.05, 4.69) is 106 Å². The number of carboxylic acid groups (broad SMARTS) is 1. The molecule has 1 aliphatic rings. The molecule has 1 heterocycles. The van der Waals surface area contributed by atoms with Gasteiger partial charge >= 0.3 is 23.9 Å². The number of carbonyl (C=O) groups excluding carboxylic acids is 3. The Labute approximate surface area is 492 Å². The van der Waals surface area contributed by atoms with Crippen molar-refractivity contribution >= 4 is 23.9 Å². The summed E-state index contributed by atoms with van der Waals surface area (Å²) in [6.07, 6.45) is 61.1. The average molecular weight is 1140 g/mol. The summed E-state index contributed by atoms with van der Waals surface area (Å²) in [5, 5.41) is 31.6. The number of aliphatic carboxylic acids is 1. The number of unbranched alkanes of at least 4 members (excludes halogenated alkanes) is 27. The molecule has 1 aliphatic heterocycles. The van der Waals surface area contributed by atoms with Crippen molar-refractivity contribution in [3.8, 4) is 0 Å². The van der Waals surface area contributed by atoms with Gasteiger partial charge in [-0.1, -0.05) is 228 Å². The zero-order valence-corrected chi connectivity index (χ0v) is 51.3. The van der Waals surface area contributed by atoms with Gasteiger partial charge in [-0.2, -0.15) is 0 Å². The quantitative estimate of drug-likeness (QED) is 0.0228. The molecule has 12 heteroatoms. The SMILES string of the molecule is CC/C=C\C/C=C\C/C=C\C/C=C\C/C=C\CCCCCC(=O)OC1C(OCC(COC(=O)CCCCCCCCC/C=C\CCCCCCCC)OC(=O)CCCCCCC/C=C\CCCCCCCC)OC(C(=O)O)C(O)C1O. The van der Waals surface area contributed by atoms with Crippen LogP contribution in [0.25, 0.3) is 0 Å². The number of allylic oxidation sites excluding steroid dienone is 14. The van der Waals surface area contributed by atoms with Gasteiger partial charge in [0.15, 0.2) is 24.6 Å². The van der Waals surface area contributed by atoms with E-state index in [0.717, 1.165) is 116 Å². The molecule has 0 aromatic rings. The van der Waals surface area contributed by atoms with E-state index in [1.165, 1.54) is 103 Å². The number of aliphatic hydroxyl groups excluding tert-OH is 2. The normalized spacial score (nSPS) is 18.3. The second-order valence-electron chi connectivity index (χ2n) is 22.0. The molecule has 0 aromatic carbocycles. The second kappa shape index (κ2) is 56.4. The van der Waals surface area contributed by atoms with Crippen LogP contribution in [0.3, 0.4) is 0 Å². The molecule has 0 radical (unpaired) electrons. The molecule has 1 rings (SSSR count). The lowest BCUT2D eigenvalue weighted by Gasteiger charge is -2.40. The predicted octanol–water partition coefficient (Wildman–Crippen LogP) is 17.5. The molecule has 12 nitrogen and oxygen atoms in total. The number of esters is 3. The van der Waals surface area contributed by atoms with E-state index in [9.17, 15) is 34.5 Å². The van der Waals surface area contributed by atoms with Crippen LogP contribution in [0.1, 0.15) is 278 Å². The van der Waals surface area contributed by atoms with E-state index in [1.807, 2.05) is 0 Å². The smallest absolute Gasteiger partial charge is 0.335 e. The lowest BCUT2D eigenvalue weighted by atomic mass is 9.98. The Hall–Kier alpha value is -4.10. The van der Waals surface area contributed by atoms with Gasteiger partial charge in [-0.3, -0.25) is 14.4 Å². The van der Waals surface area contributed by atoms with Gasteiger partial charge in [0.2, 0.25) is 0 Å². The van der Waals surface area contributed by atoms with E-state index >= 15 is 0 Å². The number of ether oxygens (including phenoxy) is 5. The first-order chi connectivity index (χ1) is 39.6. The van der Waals surface area contributed by atoms with Crippen LogP contribution in [0.2, 0.25) is 0 Å². The predicted molar refractivity (Wildman–Crippen MR) is 331 cm³/mol. The summed E-state index contributed by atoms with van der Waals surface area (Å²) >= 11 is 0. The van der Waals surface area contributed by atoms with Gasteiger partial charge in [-0.05, 0) is 116 Å². The molecular formula is C69H116O12. The maximum atomic E-state index is 13.2. The Bertz CT molecular complexity index is 1730. The summed E-state index contributed by atoms with van der Waals surface area (Å²) in [5.41, 5.74) is 0. The van der Waals surface area contributed by atoms with E-state index < -0.39 is 67.3 Å². The molecule has 0 aromatic heterocycles. The lowest BCUT2D eigenvalue weighted by molar-refractivity contribution is -0.301. The van der Waals surface area contributed by atoms with E-state index in [0.29, 0.717) is 19.3 Å². The standard InChI is InChI=1S/C69H116O12/c1-4-7-10-13-16-19-22-25-28-30-31-33-36-39-42-45-48-51-54-57-63(72)80-67-65(74)64(73)66(68(75)76)81-69(67)78-59-60(79-62(71)56-53-50-47-44-41-38-34-27-24-21-18-15-12-9-6-3)58-77-61(70)55-52-49-46-43-40-37-35-32-29-26-23-20-17-14-11-8-5-2/h7,10,16,19,25-29,31,33-34,39,42,60,64-67,69,73-74H,4-6,8-9,11-15,17-18,20-24,30,32,35-38,40-41,43-59H2,1-3H3,(H,75,76)/b10-7-,19-16-,28-25-,29-26-,33-31-,34-27-,42-39-. The third-order valence-electron chi connectivity index (χ3n) is 14.4. The maximum absolute atomic E-state index is 13.2. The van der Waals surface area contributed by atoms with Crippen molar-refractivity contribution in [2.24, 2.45) is 0 Å². The van der Waals surface area contributed by atoms with E-state index in [-0.39, 0.29) is 25.9 Å². The lowest BCUT2D eigenvalue weighted by Crippen LogP contribution is -2.61. The zero-order chi connectivity index (χ0) is 58.9. The molecule has 0 aliphatic carbocycles. The molecule has 0 saturated carbocycles. The highest BCUT2D eigenvalue weighted by Gasteiger charge is 2.50. The van der Waals surface area contributed by atoms with Gasteiger partial charge in [-0.15, -0.1) is 0 Å². The van der Waals surface area contributed by atoms with Gasteiger partial charge in [0.05, 0.1) is 6.61 Å². The topological polar surface area (TPSA) is 175 Å². The monoisotopic (exact) mass is 1140 g/mol. The van der Waals surface area contributed by atoms with Crippen molar-refractivity contribution < 1.29 is 58.2 Å². The number of rotatable bonds is 55. The van der Waals surface area contributed by atoms with Gasteiger partial charge in [-0.25, -0.2) is 4.79 Å². The number of hydrogen-bond acceptors (Lipinski definition) is 11. The summed E-state index contributed by atoms with van der Waals surface area (Å²) in [6.45, 7) is 5.87. The van der Waals surface area contributed by atoms with Crippen molar-refractivity contribution in [1.29, 1.82) is 0 Å². The number of hydrogen-bond donors (Lipinski definition) is 3. The summed E-state index contributed by atoms with van der Waals surface area (Å²) in [4.78, 5) is 51.3. The highest BCUT2D eigenvalue weighted by atomic mass is 16.7. The summed E-state index contributed by atoms with van der Waals surface area (Å²) in [6, 6.07) is 0. The third kappa shape index (κ3) is 46.0. The van der Waals surface area contributed by atoms with Crippen molar-refractivity contribution in [1.82, 2.24) is 0 Å². The molecule has 1 saturated heterocycles. The van der Waals surface area contributed by atoms with Crippen LogP contribution in [0.4, 0.5) is 0 Å². The Balaban J connectivity index is 2.69. The van der Waals surface area contributed by atoms with Crippen molar-refractivity contribution in [3.63, 3.8) is 0 Å². The number of carbonyl (C=O) groups is 4. The first-order valence-electron chi connectivity index (χ1n) is 32.6. The van der Waals surface area contributed by atoms with Crippen LogP contribution in [0.15, 0.2) is 85.1 Å². The minimum absolute atomic E-state index is 0.0177. The minimum atomic E-state index is -1.92. The fourth-order valence-corrected chi connectivity index (χ4v) is 9.44. The Morgan fingerprint density at radius 3 is 1.21 bits per heavy atom. The van der Waals surface area contributed by atoms with Crippen LogP contribution in [-0.2, 0) is 42.9 Å². The van der Waals surface area contributed by atoms with Crippen molar-refractivity contribution in [3.05, 3.63) is 85.1 Å². The van der Waals surface area contributed by atoms with Gasteiger partial charge < -0.3 is 39.0 Å². The molecular weight excluding hydrogens is 1020 g/mol. The first kappa shape index (κ1) is 74.9. The molecule has 0 amide bonds. The number of aliphatic hydroxyl groups is 2. The van der Waals surface area contributed by atoms with Crippen molar-refractivity contribution in [2.75, 3.05) is 13.2 Å². The largest absolute Gasteiger partial charge is 0.479 e. The zero-order valence-electron chi connectivity index (χ0n) is 51.3. The minimum Gasteiger partial charge on any atom is -0.479 e. The second-order valence-corrected chi connectivity index (χ2v) is 22.0. The molecule has 3 N–H and O–H groups in total. The van der Waals surface area contributed by atoms with Gasteiger partial charge in [0.25, 0.3) is 0 Å². The van der Waals surface area contributed by atoms with E-state index in [1.54, 1.807) is 0 Å². The van der Waals surface area contributed by atoms with Gasteiger partial charge in [0.1, 0.15) is 18.8 Å². The molecule has 6 atom stereocenters. The first-order valence-corrected chi connectivity index (χ1v) is 32.6. The highest BCUT2D eigenvalue weighted by molar-refractivity contribution is 5.74. The molecule has 464 valence electrons. The fourth-order valence-electron chi connectivity index (χ4n) is 9.44. The van der Waals surface area contributed by atoms with Crippen LogP contribution in [0.5, 0.6) is 0 Å². The third-order valence-corrected chi connectivity index (χ3v) is 14.4. The summed E-state index contributed by atoms with van der Waals surface area (Å²) in [7, 11) is 0. The van der Waals surface area contributed by atoms with Crippen LogP contribution in [0, 0.1) is 0 Å². The molecule has 81 heavy (non-hydrogen) atoms. The van der Waals surface area contributed by atoms with Crippen LogP contribution >= 0.6 is 0 Å². The van der Waals surface area contributed by atoms with Crippen molar-refractivity contribution in [2.45, 2.75) is 314 Å². The van der Waals surface area contributed by atoms with E-state index in [4.69, 9.17) is 23.7 Å². The molecule has 0 bridgehead atoms. The Morgan fingerprint density at radius 2 is 0.778 bits per heavy atom. The van der Waals surface area contributed by atoms with Crippen LogP contribution < -0.4 is 0 Å². The molecule has 6 unspecified atom stereocenters. The van der Waals surface area contributed by atoms with Crippen LogP contribution in [-0.4, -0.2) is 89.2 Å². The molecule has 0 spiro atoms. The summed E-state index contributed by atoms with van der Waals surface area (Å²) < 4.78 is 28.5. The molecule has 1 fully saturated rings. The van der Waals surface area contributed by atoms with Gasteiger partial charge in [0, 0.05) is 19.3 Å². The Morgan fingerprint density at radius 1 is 0.420 bits per heavy atom. The fraction of sp³-hybridized carbons (Fsp3) is 0.739. The maximum Gasteiger partial charge on any atom is 0.335 e.